The van der Waals surface area contributed by atoms with Gasteiger partial charge in [0.05, 0.1) is 25.4 Å². The van der Waals surface area contributed by atoms with Crippen molar-refractivity contribution < 1.29 is 23.5 Å². The molecule has 1 fully saturated rings. The first-order valence-electron chi connectivity index (χ1n) is 14.2. The maximum atomic E-state index is 16.4. The van der Waals surface area contributed by atoms with Gasteiger partial charge < -0.3 is 24.8 Å². The standard InChI is InChI=1S/C31H32FN7O4/c1-19-30(41)33-10-15-39(19)31(42)25-17-24-23(21-7-3-4-8-26(21)43-2)16-22(28(32)29(24)35-25)20-6-5-12-37(18-20)27(40)9-13-38-14-11-34-36-38/h3-4,6-8,11,14,16-17,19,35H,5,9-10,12-13,15,18H2,1-2H3,(H,33,41)/t19-/m0/s1. The number of piperazine rings is 1. The Kier molecular flexibility index (Phi) is 7.66. The highest BCUT2D eigenvalue weighted by atomic mass is 19.1. The van der Waals surface area contributed by atoms with Crippen molar-refractivity contribution in [2.24, 2.45) is 0 Å². The second kappa shape index (κ2) is 11.7. The molecule has 0 unspecified atom stereocenters. The molecule has 0 aliphatic carbocycles. The number of nitrogens with one attached hydrogen (secondary N) is 2. The third-order valence-electron chi connectivity index (χ3n) is 8.12. The fourth-order valence-corrected chi connectivity index (χ4v) is 5.79. The number of fused-ring (bicyclic) bond motifs is 1. The van der Waals surface area contributed by atoms with Crippen molar-refractivity contribution in [1.82, 2.24) is 35.1 Å². The zero-order chi connectivity index (χ0) is 30.1. The minimum Gasteiger partial charge on any atom is -0.496 e. The minimum absolute atomic E-state index is 0.0556. The van der Waals surface area contributed by atoms with E-state index >= 15 is 4.39 Å². The summed E-state index contributed by atoms with van der Waals surface area (Å²) in [6.45, 7) is 3.55. The highest BCUT2D eigenvalue weighted by Gasteiger charge is 2.32. The molecule has 2 aromatic carbocycles. The minimum atomic E-state index is -0.651. The fourth-order valence-electron chi connectivity index (χ4n) is 5.79. The van der Waals surface area contributed by atoms with Gasteiger partial charge in [-0.3, -0.25) is 19.1 Å². The van der Waals surface area contributed by atoms with Crippen LogP contribution in [0.25, 0.3) is 27.6 Å². The summed E-state index contributed by atoms with van der Waals surface area (Å²) in [5.74, 6) is -0.588. The van der Waals surface area contributed by atoms with Crippen LogP contribution in [0.4, 0.5) is 4.39 Å². The number of benzene rings is 2. The van der Waals surface area contributed by atoms with Crippen LogP contribution in [-0.4, -0.2) is 86.8 Å². The van der Waals surface area contributed by atoms with Gasteiger partial charge in [0.25, 0.3) is 5.91 Å². The summed E-state index contributed by atoms with van der Waals surface area (Å²) < 4.78 is 23.7. The van der Waals surface area contributed by atoms with Crippen molar-refractivity contribution in [2.75, 3.05) is 33.3 Å². The molecule has 2 aliphatic heterocycles. The van der Waals surface area contributed by atoms with Crippen LogP contribution in [0.5, 0.6) is 5.75 Å². The van der Waals surface area contributed by atoms with Crippen LogP contribution >= 0.6 is 0 Å². The SMILES string of the molecule is COc1ccccc1-c1cc(C2=CCCN(C(=O)CCn3ccnn3)C2)c(F)c2[nH]c(C(=O)N3CCNC(=O)[C@@H]3C)cc12. The number of rotatable bonds is 7. The number of carbonyl (C=O) groups excluding carboxylic acids is 3. The van der Waals surface area contributed by atoms with Gasteiger partial charge in [-0.2, -0.15) is 0 Å². The van der Waals surface area contributed by atoms with Crippen LogP contribution in [0.1, 0.15) is 35.8 Å². The number of aryl methyl sites for hydroxylation is 1. The summed E-state index contributed by atoms with van der Waals surface area (Å²) in [6.07, 6.45) is 6.05. The Bertz CT molecular complexity index is 1730. The van der Waals surface area contributed by atoms with E-state index in [0.29, 0.717) is 60.4 Å². The Morgan fingerprint density at radius 2 is 1.98 bits per heavy atom. The normalized spacial score (nSPS) is 17.1. The lowest BCUT2D eigenvalue weighted by Gasteiger charge is -2.32. The first-order valence-corrected chi connectivity index (χ1v) is 14.2. The number of ether oxygens (including phenoxy) is 1. The molecular formula is C31H32FN7O4. The molecule has 2 N–H and O–H groups in total. The molecule has 4 heterocycles. The number of aromatic amines is 1. The molecule has 1 atom stereocenters. The van der Waals surface area contributed by atoms with Crippen molar-refractivity contribution in [2.45, 2.75) is 32.4 Å². The first kappa shape index (κ1) is 28.1. The predicted molar refractivity (Wildman–Crippen MR) is 158 cm³/mol. The number of carbonyl (C=O) groups is 3. The molecule has 2 aromatic heterocycles. The third kappa shape index (κ3) is 5.36. The molecule has 2 aliphatic rings. The predicted octanol–water partition coefficient (Wildman–Crippen LogP) is 3.24. The molecule has 222 valence electrons. The van der Waals surface area contributed by atoms with Gasteiger partial charge >= 0.3 is 0 Å². The molecule has 4 aromatic rings. The maximum Gasteiger partial charge on any atom is 0.271 e. The Morgan fingerprint density at radius 3 is 2.77 bits per heavy atom. The average molecular weight is 586 g/mol. The first-order chi connectivity index (χ1) is 20.9. The molecule has 0 saturated carbocycles. The fraction of sp³-hybridized carbons (Fsp3) is 0.323. The van der Waals surface area contributed by atoms with E-state index < -0.39 is 11.9 Å². The molecule has 3 amide bonds. The Balaban J connectivity index is 1.39. The summed E-state index contributed by atoms with van der Waals surface area (Å²) in [4.78, 5) is 45.1. The zero-order valence-electron chi connectivity index (χ0n) is 24.0. The van der Waals surface area contributed by atoms with E-state index in [2.05, 4.69) is 20.6 Å². The number of hydrogen-bond acceptors (Lipinski definition) is 6. The Morgan fingerprint density at radius 1 is 1.14 bits per heavy atom. The van der Waals surface area contributed by atoms with Crippen molar-refractivity contribution in [1.29, 1.82) is 0 Å². The largest absolute Gasteiger partial charge is 0.496 e. The number of hydrogen-bond donors (Lipinski definition) is 2. The van der Waals surface area contributed by atoms with Gasteiger partial charge in [-0.25, -0.2) is 4.39 Å². The van der Waals surface area contributed by atoms with E-state index in [9.17, 15) is 14.4 Å². The van der Waals surface area contributed by atoms with Crippen LogP contribution in [0, 0.1) is 5.82 Å². The molecular weight excluding hydrogens is 553 g/mol. The second-order valence-electron chi connectivity index (χ2n) is 10.7. The summed E-state index contributed by atoms with van der Waals surface area (Å²) in [5.41, 5.74) is 2.79. The lowest BCUT2D eigenvalue weighted by molar-refractivity contribution is -0.131. The van der Waals surface area contributed by atoms with Gasteiger partial charge in [0.1, 0.15) is 17.5 Å². The van der Waals surface area contributed by atoms with Crippen LogP contribution in [-0.2, 0) is 16.1 Å². The van der Waals surface area contributed by atoms with E-state index in [1.807, 2.05) is 30.3 Å². The highest BCUT2D eigenvalue weighted by Crippen LogP contribution is 2.40. The lowest BCUT2D eigenvalue weighted by atomic mass is 9.93. The summed E-state index contributed by atoms with van der Waals surface area (Å²) in [7, 11) is 1.57. The Hall–Kier alpha value is -5.00. The molecule has 11 nitrogen and oxygen atoms in total. The quantitative estimate of drug-likeness (QED) is 0.343. The van der Waals surface area contributed by atoms with Crippen LogP contribution in [0.2, 0.25) is 0 Å². The van der Waals surface area contributed by atoms with Gasteiger partial charge in [0.2, 0.25) is 11.8 Å². The number of H-pyrrole nitrogens is 1. The van der Waals surface area contributed by atoms with Gasteiger partial charge in [-0.15, -0.1) is 5.10 Å². The number of methoxy groups -OCH3 is 1. The Labute approximate surface area is 247 Å². The van der Waals surface area contributed by atoms with Gasteiger partial charge in [-0.1, -0.05) is 29.5 Å². The molecule has 12 heteroatoms. The van der Waals surface area contributed by atoms with Crippen molar-refractivity contribution >= 4 is 34.2 Å². The number of halogens is 1. The van der Waals surface area contributed by atoms with Gasteiger partial charge in [-0.05, 0) is 42.7 Å². The van der Waals surface area contributed by atoms with Crippen molar-refractivity contribution in [3.05, 3.63) is 71.9 Å². The molecule has 0 spiro atoms. The van der Waals surface area contributed by atoms with E-state index in [1.54, 1.807) is 48.1 Å². The molecule has 0 bridgehead atoms. The number of para-hydroxylation sites is 1. The molecule has 1 saturated heterocycles. The van der Waals surface area contributed by atoms with Crippen molar-refractivity contribution in [3.63, 3.8) is 0 Å². The van der Waals surface area contributed by atoms with E-state index in [1.165, 1.54) is 4.90 Å². The van der Waals surface area contributed by atoms with Gasteiger partial charge in [0.15, 0.2) is 5.82 Å². The van der Waals surface area contributed by atoms with Crippen LogP contribution < -0.4 is 10.1 Å². The van der Waals surface area contributed by atoms with Crippen molar-refractivity contribution in [3.8, 4) is 16.9 Å². The summed E-state index contributed by atoms with van der Waals surface area (Å²) >= 11 is 0. The molecule has 0 radical (unpaired) electrons. The van der Waals surface area contributed by atoms with E-state index in [-0.39, 0.29) is 41.9 Å². The van der Waals surface area contributed by atoms with E-state index in [4.69, 9.17) is 4.74 Å². The molecule has 43 heavy (non-hydrogen) atoms. The maximum absolute atomic E-state index is 16.4. The lowest BCUT2D eigenvalue weighted by Crippen LogP contribution is -2.55. The van der Waals surface area contributed by atoms with Crippen LogP contribution in [0.15, 0.2) is 54.9 Å². The third-order valence-corrected chi connectivity index (χ3v) is 8.12. The monoisotopic (exact) mass is 585 g/mol. The summed E-state index contributed by atoms with van der Waals surface area (Å²) in [5, 5.41) is 11.0. The number of nitrogens with zero attached hydrogens (tertiary/aromatic N) is 5. The van der Waals surface area contributed by atoms with E-state index in [0.717, 1.165) is 5.56 Å². The number of aromatic nitrogens is 4. The zero-order valence-corrected chi connectivity index (χ0v) is 24.0. The number of amides is 3. The second-order valence-corrected chi connectivity index (χ2v) is 10.7. The smallest absolute Gasteiger partial charge is 0.271 e. The topological polar surface area (TPSA) is 125 Å². The van der Waals surface area contributed by atoms with Crippen LogP contribution in [0.3, 0.4) is 0 Å². The molecule has 6 rings (SSSR count). The van der Waals surface area contributed by atoms with Gasteiger partial charge in [0, 0.05) is 55.3 Å². The summed E-state index contributed by atoms with van der Waals surface area (Å²) in [6, 6.07) is 10.2. The average Bonchev–Trinajstić information content (AvgIpc) is 3.72. The highest BCUT2D eigenvalue weighted by molar-refractivity contribution is 6.06.